The monoisotopic (exact) mass is 522 g/mol. The molecule has 1 unspecified atom stereocenters. The van der Waals surface area contributed by atoms with Gasteiger partial charge in [-0.2, -0.15) is 0 Å². The Balaban J connectivity index is 3.92. The second-order valence-corrected chi connectivity index (χ2v) is 38.3. The van der Waals surface area contributed by atoms with Gasteiger partial charge in [0.2, 0.25) is 0 Å². The summed E-state index contributed by atoms with van der Waals surface area (Å²) in [6.45, 7) is 8.72. The van der Waals surface area contributed by atoms with Crippen molar-refractivity contribution in [2.24, 2.45) is 0 Å². The molecule has 72 valence electrons. The summed E-state index contributed by atoms with van der Waals surface area (Å²) in [6, 6.07) is 0. The Kier molecular flexibility index (Phi) is 7.72. The molecule has 0 saturated heterocycles. The van der Waals surface area contributed by atoms with E-state index in [1.165, 1.54) is 0 Å². The van der Waals surface area contributed by atoms with Crippen LogP contribution < -0.4 is 0 Å². The van der Waals surface area contributed by atoms with E-state index in [2.05, 4.69) is 78.9 Å². The van der Waals surface area contributed by atoms with Crippen LogP contribution in [-0.4, -0.2) is 12.9 Å². The van der Waals surface area contributed by atoms with Gasteiger partial charge in [-0.1, -0.05) is 84.5 Å². The molecular weight excluding hydrogens is 509 g/mol. The molecule has 0 saturated carbocycles. The van der Waals surface area contributed by atoms with Crippen molar-refractivity contribution >= 4 is 66.0 Å². The van der Waals surface area contributed by atoms with Crippen molar-refractivity contribution in [3.05, 3.63) is 12.2 Å². The lowest BCUT2D eigenvalue weighted by atomic mass is 10.4. The highest BCUT2D eigenvalue weighted by Crippen LogP contribution is 2.36. The number of halogens is 3. The summed E-state index contributed by atoms with van der Waals surface area (Å²) in [5, 5.41) is 0. The van der Waals surface area contributed by atoms with Gasteiger partial charge in [0.15, 0.2) is 0 Å². The first-order valence-corrected chi connectivity index (χ1v) is 15.1. The molecule has 0 radical (unpaired) electrons. The third-order valence-corrected chi connectivity index (χ3v) is 8.82. The van der Waals surface area contributed by atoms with Gasteiger partial charge in [-0.15, -0.1) is 0 Å². The van der Waals surface area contributed by atoms with E-state index in [4.69, 9.17) is 4.74 Å². The van der Waals surface area contributed by atoms with Crippen LogP contribution in [0.15, 0.2) is 12.2 Å². The minimum atomic E-state index is -1.21. The minimum Gasteiger partial charge on any atom is -0.374 e. The highest BCUT2D eigenvalue weighted by molar-refractivity contribution is 14.4. The first-order valence-electron chi connectivity index (χ1n) is 3.70. The van der Waals surface area contributed by atoms with E-state index in [0.29, 0.717) is 12.3 Å². The summed E-state index contributed by atoms with van der Waals surface area (Å²) in [5.74, 6) is 0. The molecule has 0 heterocycles. The van der Waals surface area contributed by atoms with Crippen molar-refractivity contribution in [1.82, 2.24) is 0 Å². The molecule has 0 aliphatic carbocycles. The van der Waals surface area contributed by atoms with Crippen LogP contribution in [0.4, 0.5) is 0 Å². The van der Waals surface area contributed by atoms with Gasteiger partial charge in [-0.05, 0) is 13.3 Å². The van der Waals surface area contributed by atoms with Crippen LogP contribution >= 0.6 is 65.4 Å². The molecular formula is C7H13I3OSi. The lowest BCUT2D eigenvalue weighted by Crippen LogP contribution is -2.31. The van der Waals surface area contributed by atoms with Crippen LogP contribution in [0.1, 0.15) is 20.3 Å². The second kappa shape index (κ2) is 6.56. The Labute approximate surface area is 114 Å². The molecule has 0 fully saturated rings. The SMILES string of the molecule is C=C(C)COC(CC)[Si](I)(I)I. The van der Waals surface area contributed by atoms with E-state index in [-0.39, 0.29) is 0 Å². The second-order valence-electron chi connectivity index (χ2n) is 2.71. The largest absolute Gasteiger partial charge is 0.374 e. The van der Waals surface area contributed by atoms with Gasteiger partial charge in [0, 0.05) is 0 Å². The summed E-state index contributed by atoms with van der Waals surface area (Å²) < 4.78 is 4.55. The van der Waals surface area contributed by atoms with Crippen molar-refractivity contribution < 1.29 is 4.74 Å². The molecule has 5 heteroatoms. The van der Waals surface area contributed by atoms with Crippen LogP contribution in [0.2, 0.25) is 0 Å². The maximum absolute atomic E-state index is 5.76. The predicted molar refractivity (Wildman–Crippen MR) is 82.7 cm³/mol. The molecule has 1 nitrogen and oxygen atoms in total. The summed E-state index contributed by atoms with van der Waals surface area (Å²) in [7, 11) is 0. The summed E-state index contributed by atoms with van der Waals surface area (Å²) in [6.07, 6.45) is 1.11. The number of rotatable bonds is 5. The smallest absolute Gasteiger partial charge is 0.280 e. The van der Waals surface area contributed by atoms with E-state index in [9.17, 15) is 0 Å². The van der Waals surface area contributed by atoms with Crippen LogP contribution in [0.25, 0.3) is 0 Å². The number of ether oxygens (including phenoxy) is 1. The fourth-order valence-corrected chi connectivity index (χ4v) is 7.00. The van der Waals surface area contributed by atoms with Crippen LogP contribution in [0, 0.1) is 0 Å². The maximum atomic E-state index is 5.76. The zero-order valence-electron chi connectivity index (χ0n) is 7.24. The molecule has 0 aliphatic rings. The zero-order chi connectivity index (χ0) is 9.78. The van der Waals surface area contributed by atoms with Crippen molar-refractivity contribution in [3.63, 3.8) is 0 Å². The van der Waals surface area contributed by atoms with Gasteiger partial charge in [-0.25, -0.2) is 0 Å². The summed E-state index contributed by atoms with van der Waals surface area (Å²) in [4.78, 5) is 0. The van der Waals surface area contributed by atoms with Crippen molar-refractivity contribution in [3.8, 4) is 0 Å². The molecule has 0 rings (SSSR count). The predicted octanol–water partition coefficient (Wildman–Crippen LogP) is 4.14. The molecule has 0 aliphatic heterocycles. The van der Waals surface area contributed by atoms with Crippen LogP contribution in [0.5, 0.6) is 0 Å². The Morgan fingerprint density at radius 3 is 2.25 bits per heavy atom. The lowest BCUT2D eigenvalue weighted by molar-refractivity contribution is 0.124. The summed E-state index contributed by atoms with van der Waals surface area (Å²) >= 11 is 7.63. The fraction of sp³-hybridized carbons (Fsp3) is 0.714. The molecule has 0 amide bonds. The van der Waals surface area contributed by atoms with E-state index in [0.717, 1.165) is 12.0 Å². The first kappa shape index (κ1) is 14.1. The molecule has 0 spiro atoms. The highest BCUT2D eigenvalue weighted by Gasteiger charge is 2.33. The summed E-state index contributed by atoms with van der Waals surface area (Å²) in [5.41, 5.74) is 1.55. The van der Waals surface area contributed by atoms with Crippen molar-refractivity contribution in [2.45, 2.75) is 26.0 Å². The van der Waals surface area contributed by atoms with Gasteiger partial charge in [0.1, 0.15) is 0 Å². The van der Waals surface area contributed by atoms with E-state index >= 15 is 0 Å². The average Bonchev–Trinajstić information content (AvgIpc) is 1.85. The fourth-order valence-electron chi connectivity index (χ4n) is 0.687. The van der Waals surface area contributed by atoms with Crippen LogP contribution in [0.3, 0.4) is 0 Å². The Morgan fingerprint density at radius 1 is 1.50 bits per heavy atom. The third kappa shape index (κ3) is 6.54. The third-order valence-electron chi connectivity index (χ3n) is 1.27. The standard InChI is InChI=1S/C7H13I3OSi/c1-4-7(12(8,9)10)11-5-6(2)3/h7H,2,4-5H2,1,3H3. The molecule has 0 aromatic rings. The Morgan fingerprint density at radius 2 is 2.00 bits per heavy atom. The van der Waals surface area contributed by atoms with E-state index in [1.54, 1.807) is 0 Å². The molecule has 1 atom stereocenters. The lowest BCUT2D eigenvalue weighted by Gasteiger charge is -2.22. The Bertz CT molecular complexity index is 155. The molecule has 12 heavy (non-hydrogen) atoms. The molecule has 0 aromatic heterocycles. The Hall–Kier alpha value is 2.11. The molecule has 0 N–H and O–H groups in total. The van der Waals surface area contributed by atoms with Gasteiger partial charge in [0.05, 0.1) is 12.3 Å². The average molecular weight is 522 g/mol. The molecule has 0 bridgehead atoms. The van der Waals surface area contributed by atoms with Crippen LogP contribution in [-0.2, 0) is 4.74 Å². The van der Waals surface area contributed by atoms with Gasteiger partial charge in [-0.3, -0.25) is 0 Å². The van der Waals surface area contributed by atoms with E-state index < -0.39 is 0.564 Å². The van der Waals surface area contributed by atoms with Gasteiger partial charge in [0.25, 0.3) is 0.564 Å². The molecule has 0 aromatic carbocycles. The first-order chi connectivity index (χ1) is 5.38. The maximum Gasteiger partial charge on any atom is 0.280 e. The zero-order valence-corrected chi connectivity index (χ0v) is 14.7. The van der Waals surface area contributed by atoms with Crippen molar-refractivity contribution in [1.29, 1.82) is 0 Å². The minimum absolute atomic E-state index is 0.441. The number of hydrogen-bond donors (Lipinski definition) is 0. The van der Waals surface area contributed by atoms with Gasteiger partial charge < -0.3 is 4.74 Å². The quantitative estimate of drug-likeness (QED) is 0.229. The normalized spacial score (nSPS) is 14.4. The highest BCUT2D eigenvalue weighted by atomic mass is 127. The topological polar surface area (TPSA) is 9.23 Å². The van der Waals surface area contributed by atoms with Crippen molar-refractivity contribution in [2.75, 3.05) is 6.61 Å². The van der Waals surface area contributed by atoms with E-state index in [1.807, 2.05) is 6.92 Å². The van der Waals surface area contributed by atoms with Gasteiger partial charge >= 0.3 is 0 Å². The number of hydrogen-bond acceptors (Lipinski definition) is 1.